The van der Waals surface area contributed by atoms with Crippen LogP contribution in [-0.2, 0) is 9.47 Å². The molecule has 0 amide bonds. The quantitative estimate of drug-likeness (QED) is 0.700. The van der Waals surface area contributed by atoms with Gasteiger partial charge < -0.3 is 19.9 Å². The molecule has 0 bridgehead atoms. The lowest BCUT2D eigenvalue weighted by atomic mass is 10.1. The van der Waals surface area contributed by atoms with Gasteiger partial charge in [-0.3, -0.25) is 0 Å². The summed E-state index contributed by atoms with van der Waals surface area (Å²) in [5.74, 6) is -0.135. The number of hydrogen-bond donors (Lipinski definition) is 1. The maximum absolute atomic E-state index is 13.7. The summed E-state index contributed by atoms with van der Waals surface area (Å²) in [6.45, 7) is 3.89. The molecule has 0 saturated carbocycles. The van der Waals surface area contributed by atoms with Gasteiger partial charge in [-0.2, -0.15) is 0 Å². The number of nitrogens with two attached hydrogens (primary N) is 1. The van der Waals surface area contributed by atoms with Crippen molar-refractivity contribution in [1.82, 2.24) is 0 Å². The zero-order valence-electron chi connectivity index (χ0n) is 11.5. The summed E-state index contributed by atoms with van der Waals surface area (Å²) < 4.78 is 29.3. The van der Waals surface area contributed by atoms with E-state index in [0.717, 1.165) is 0 Å². The lowest BCUT2D eigenvalue weighted by Gasteiger charge is -2.14. The smallest absolute Gasteiger partial charge is 0.165 e. The molecule has 0 aliphatic rings. The Balaban J connectivity index is 2.36. The first-order valence-corrected chi connectivity index (χ1v) is 6.40. The minimum Gasteiger partial charge on any atom is -0.490 e. The van der Waals surface area contributed by atoms with Crippen LogP contribution in [0.15, 0.2) is 18.2 Å². The maximum Gasteiger partial charge on any atom is 0.165 e. The van der Waals surface area contributed by atoms with E-state index in [-0.39, 0.29) is 17.6 Å². The summed E-state index contributed by atoms with van der Waals surface area (Å²) in [6.07, 6.45) is 0.691. The maximum atomic E-state index is 13.7. The molecule has 1 aromatic rings. The lowest BCUT2D eigenvalue weighted by molar-refractivity contribution is 0.0641. The van der Waals surface area contributed by atoms with Crippen LogP contribution in [0.4, 0.5) is 4.39 Å². The molecule has 0 saturated heterocycles. The minimum absolute atomic E-state index is 0.245. The van der Waals surface area contributed by atoms with E-state index in [1.807, 2.05) is 0 Å². The van der Waals surface area contributed by atoms with Gasteiger partial charge in [0.1, 0.15) is 0 Å². The van der Waals surface area contributed by atoms with Gasteiger partial charge in [-0.1, -0.05) is 12.1 Å². The predicted octanol–water partition coefficient (Wildman–Crippen LogP) is 2.28. The Morgan fingerprint density at radius 2 is 2.00 bits per heavy atom. The van der Waals surface area contributed by atoms with Crippen LogP contribution in [-0.4, -0.2) is 33.5 Å². The Kier molecular flexibility index (Phi) is 7.40. The van der Waals surface area contributed by atoms with Crippen LogP contribution in [0.3, 0.4) is 0 Å². The highest BCUT2D eigenvalue weighted by molar-refractivity contribution is 5.36. The van der Waals surface area contributed by atoms with Gasteiger partial charge in [0.25, 0.3) is 0 Å². The SMILES string of the molecule is COCCOCCCOc1c(F)cccc1[C@H](C)N. The molecule has 19 heavy (non-hydrogen) atoms. The summed E-state index contributed by atoms with van der Waals surface area (Å²) in [5, 5.41) is 0. The van der Waals surface area contributed by atoms with Crippen molar-refractivity contribution in [3.63, 3.8) is 0 Å². The van der Waals surface area contributed by atoms with Crippen LogP contribution in [0.2, 0.25) is 0 Å². The van der Waals surface area contributed by atoms with Crippen LogP contribution >= 0.6 is 0 Å². The molecular weight excluding hydrogens is 249 g/mol. The second-order valence-electron chi connectivity index (χ2n) is 4.25. The molecule has 0 aliphatic heterocycles. The van der Waals surface area contributed by atoms with Crippen molar-refractivity contribution < 1.29 is 18.6 Å². The van der Waals surface area contributed by atoms with Crippen molar-refractivity contribution in [3.8, 4) is 5.75 Å². The van der Waals surface area contributed by atoms with E-state index in [2.05, 4.69) is 0 Å². The molecule has 0 radical (unpaired) electrons. The minimum atomic E-state index is -0.380. The molecule has 1 aromatic carbocycles. The van der Waals surface area contributed by atoms with Crippen LogP contribution in [0.5, 0.6) is 5.75 Å². The van der Waals surface area contributed by atoms with Gasteiger partial charge in [-0.25, -0.2) is 4.39 Å². The van der Waals surface area contributed by atoms with Gasteiger partial charge >= 0.3 is 0 Å². The molecular formula is C14H22FNO3. The predicted molar refractivity (Wildman–Crippen MR) is 71.8 cm³/mol. The van der Waals surface area contributed by atoms with E-state index in [1.54, 1.807) is 26.2 Å². The molecule has 0 unspecified atom stereocenters. The van der Waals surface area contributed by atoms with E-state index < -0.39 is 0 Å². The zero-order chi connectivity index (χ0) is 14.1. The molecule has 4 nitrogen and oxygen atoms in total. The van der Waals surface area contributed by atoms with Crippen molar-refractivity contribution in [2.75, 3.05) is 33.5 Å². The average molecular weight is 271 g/mol. The summed E-state index contributed by atoms with van der Waals surface area (Å²) >= 11 is 0. The molecule has 0 heterocycles. The van der Waals surface area contributed by atoms with Crippen molar-refractivity contribution in [2.45, 2.75) is 19.4 Å². The van der Waals surface area contributed by atoms with Crippen LogP contribution in [0.25, 0.3) is 0 Å². The molecule has 0 fully saturated rings. The Labute approximate surface area is 113 Å². The largest absolute Gasteiger partial charge is 0.490 e. The molecule has 1 atom stereocenters. The molecule has 2 N–H and O–H groups in total. The summed E-state index contributed by atoms with van der Waals surface area (Å²) in [4.78, 5) is 0. The Bertz CT molecular complexity index is 372. The first-order valence-electron chi connectivity index (χ1n) is 6.40. The van der Waals surface area contributed by atoms with Crippen molar-refractivity contribution in [2.24, 2.45) is 5.73 Å². The number of para-hydroxylation sites is 1. The van der Waals surface area contributed by atoms with Gasteiger partial charge in [-0.15, -0.1) is 0 Å². The highest BCUT2D eigenvalue weighted by Crippen LogP contribution is 2.26. The van der Waals surface area contributed by atoms with Gasteiger partial charge in [-0.05, 0) is 13.0 Å². The molecule has 1 rings (SSSR count). The van der Waals surface area contributed by atoms with Crippen molar-refractivity contribution >= 4 is 0 Å². The lowest BCUT2D eigenvalue weighted by Crippen LogP contribution is -2.11. The fourth-order valence-corrected chi connectivity index (χ4v) is 1.62. The number of halogens is 1. The van der Waals surface area contributed by atoms with Gasteiger partial charge in [0, 0.05) is 31.7 Å². The molecule has 0 spiro atoms. The zero-order valence-corrected chi connectivity index (χ0v) is 11.5. The highest BCUT2D eigenvalue weighted by Gasteiger charge is 2.12. The first kappa shape index (κ1) is 15.9. The second-order valence-corrected chi connectivity index (χ2v) is 4.25. The van der Waals surface area contributed by atoms with E-state index in [1.165, 1.54) is 6.07 Å². The van der Waals surface area contributed by atoms with Crippen molar-refractivity contribution in [3.05, 3.63) is 29.6 Å². The molecule has 108 valence electrons. The van der Waals surface area contributed by atoms with Crippen LogP contribution in [0.1, 0.15) is 24.9 Å². The van der Waals surface area contributed by atoms with Crippen molar-refractivity contribution in [1.29, 1.82) is 0 Å². The third-order valence-corrected chi connectivity index (χ3v) is 2.60. The van der Waals surface area contributed by atoms with Gasteiger partial charge in [0.15, 0.2) is 11.6 Å². The second kappa shape index (κ2) is 8.85. The average Bonchev–Trinajstić information content (AvgIpc) is 2.39. The summed E-state index contributed by atoms with van der Waals surface area (Å²) in [5.41, 5.74) is 6.46. The number of ether oxygens (including phenoxy) is 3. The summed E-state index contributed by atoms with van der Waals surface area (Å²) in [6, 6.07) is 4.52. The van der Waals surface area contributed by atoms with E-state index in [9.17, 15) is 4.39 Å². The Morgan fingerprint density at radius 1 is 1.21 bits per heavy atom. The van der Waals surface area contributed by atoms with Gasteiger partial charge in [0.05, 0.1) is 19.8 Å². The fourth-order valence-electron chi connectivity index (χ4n) is 1.62. The Hall–Kier alpha value is -1.17. The van der Waals surface area contributed by atoms with Gasteiger partial charge in [0.2, 0.25) is 0 Å². The highest BCUT2D eigenvalue weighted by atomic mass is 19.1. The third-order valence-electron chi connectivity index (χ3n) is 2.60. The number of benzene rings is 1. The first-order chi connectivity index (χ1) is 9.16. The molecule has 5 heteroatoms. The van der Waals surface area contributed by atoms with Crippen LogP contribution in [0, 0.1) is 5.82 Å². The number of hydrogen-bond acceptors (Lipinski definition) is 4. The Morgan fingerprint density at radius 3 is 2.68 bits per heavy atom. The number of methoxy groups -OCH3 is 1. The van der Waals surface area contributed by atoms with Crippen LogP contribution < -0.4 is 10.5 Å². The topological polar surface area (TPSA) is 53.7 Å². The van der Waals surface area contributed by atoms with E-state index in [4.69, 9.17) is 19.9 Å². The van der Waals surface area contributed by atoms with E-state index >= 15 is 0 Å². The fraction of sp³-hybridized carbons (Fsp3) is 0.571. The standard InChI is InChI=1S/C14H22FNO3/c1-11(16)12-5-3-6-13(15)14(12)19-8-4-7-18-10-9-17-2/h3,5-6,11H,4,7-10,16H2,1-2H3/t11-/m0/s1. The normalized spacial score (nSPS) is 12.4. The molecule has 0 aliphatic carbocycles. The third kappa shape index (κ3) is 5.55. The molecule has 0 aromatic heterocycles. The summed E-state index contributed by atoms with van der Waals surface area (Å²) in [7, 11) is 1.63. The number of rotatable bonds is 9. The van der Waals surface area contributed by atoms with E-state index in [0.29, 0.717) is 38.4 Å². The monoisotopic (exact) mass is 271 g/mol.